The van der Waals surface area contributed by atoms with Gasteiger partial charge in [0.25, 0.3) is 5.69 Å². The lowest BCUT2D eigenvalue weighted by atomic mass is 10.1. The van der Waals surface area contributed by atoms with Gasteiger partial charge in [0.1, 0.15) is 12.4 Å². The fourth-order valence-corrected chi connectivity index (χ4v) is 2.08. The SMILES string of the molecule is Cc1cccc(OCc2cc(Cl)ccc2[N+](=O)[O-])c1C. The summed E-state index contributed by atoms with van der Waals surface area (Å²) in [6, 6.07) is 10.2. The van der Waals surface area contributed by atoms with Crippen LogP contribution in [0.25, 0.3) is 0 Å². The lowest BCUT2D eigenvalue weighted by molar-refractivity contribution is -0.385. The van der Waals surface area contributed by atoms with Crippen molar-refractivity contribution in [1.82, 2.24) is 0 Å². The number of nitro benzene ring substituents is 1. The number of halogens is 1. The second-order valence-corrected chi connectivity index (χ2v) is 4.95. The van der Waals surface area contributed by atoms with Crippen LogP contribution in [0.2, 0.25) is 5.02 Å². The first-order valence-corrected chi connectivity index (χ1v) is 6.48. The highest BCUT2D eigenvalue weighted by Crippen LogP contribution is 2.26. The summed E-state index contributed by atoms with van der Waals surface area (Å²) < 4.78 is 5.69. The van der Waals surface area contributed by atoms with Crippen LogP contribution in [-0.4, -0.2) is 4.92 Å². The number of hydrogen-bond donors (Lipinski definition) is 0. The summed E-state index contributed by atoms with van der Waals surface area (Å²) in [6.07, 6.45) is 0. The molecule has 0 amide bonds. The van der Waals surface area contributed by atoms with Crippen LogP contribution in [0, 0.1) is 24.0 Å². The molecule has 0 bridgehead atoms. The van der Waals surface area contributed by atoms with Gasteiger partial charge in [-0.3, -0.25) is 10.1 Å². The first-order chi connectivity index (χ1) is 9.49. The Hall–Kier alpha value is -2.07. The second-order valence-electron chi connectivity index (χ2n) is 4.52. The molecule has 0 heterocycles. The maximum Gasteiger partial charge on any atom is 0.276 e. The highest BCUT2D eigenvalue weighted by Gasteiger charge is 2.14. The van der Waals surface area contributed by atoms with Crippen molar-refractivity contribution in [2.24, 2.45) is 0 Å². The number of nitrogens with zero attached hydrogens (tertiary/aromatic N) is 1. The van der Waals surface area contributed by atoms with E-state index in [0.29, 0.717) is 10.6 Å². The highest BCUT2D eigenvalue weighted by atomic mass is 35.5. The number of nitro groups is 1. The van der Waals surface area contributed by atoms with E-state index in [1.807, 2.05) is 32.0 Å². The van der Waals surface area contributed by atoms with E-state index in [1.54, 1.807) is 6.07 Å². The Kier molecular flexibility index (Phi) is 4.25. The molecule has 20 heavy (non-hydrogen) atoms. The van der Waals surface area contributed by atoms with Crippen LogP contribution in [0.15, 0.2) is 36.4 Å². The zero-order valence-corrected chi connectivity index (χ0v) is 12.0. The van der Waals surface area contributed by atoms with Gasteiger partial charge in [-0.25, -0.2) is 0 Å². The Morgan fingerprint density at radius 2 is 2.00 bits per heavy atom. The number of ether oxygens (including phenoxy) is 1. The van der Waals surface area contributed by atoms with Crippen molar-refractivity contribution in [2.45, 2.75) is 20.5 Å². The second kappa shape index (κ2) is 5.92. The van der Waals surface area contributed by atoms with E-state index in [-0.39, 0.29) is 12.3 Å². The Labute approximate surface area is 122 Å². The van der Waals surface area contributed by atoms with Crippen molar-refractivity contribution >= 4 is 17.3 Å². The van der Waals surface area contributed by atoms with Crippen LogP contribution in [0.1, 0.15) is 16.7 Å². The van der Waals surface area contributed by atoms with Crippen molar-refractivity contribution in [2.75, 3.05) is 0 Å². The minimum absolute atomic E-state index is 0.0136. The van der Waals surface area contributed by atoms with E-state index in [2.05, 4.69) is 0 Å². The van der Waals surface area contributed by atoms with Crippen molar-refractivity contribution in [3.05, 3.63) is 68.2 Å². The summed E-state index contributed by atoms with van der Waals surface area (Å²) in [5.41, 5.74) is 2.61. The third-order valence-electron chi connectivity index (χ3n) is 3.18. The molecule has 5 heteroatoms. The lowest BCUT2D eigenvalue weighted by Gasteiger charge is -2.11. The van der Waals surface area contributed by atoms with E-state index in [9.17, 15) is 10.1 Å². The van der Waals surface area contributed by atoms with E-state index < -0.39 is 4.92 Å². The third-order valence-corrected chi connectivity index (χ3v) is 3.41. The first kappa shape index (κ1) is 14.3. The van der Waals surface area contributed by atoms with Crippen molar-refractivity contribution < 1.29 is 9.66 Å². The van der Waals surface area contributed by atoms with Crippen LogP contribution < -0.4 is 4.74 Å². The summed E-state index contributed by atoms with van der Waals surface area (Å²) in [5.74, 6) is 0.722. The largest absolute Gasteiger partial charge is 0.488 e. The molecule has 4 nitrogen and oxygen atoms in total. The van der Waals surface area contributed by atoms with Gasteiger partial charge >= 0.3 is 0 Å². The fourth-order valence-electron chi connectivity index (χ4n) is 1.88. The van der Waals surface area contributed by atoms with Crippen LogP contribution in [0.4, 0.5) is 5.69 Å². The third kappa shape index (κ3) is 3.08. The molecule has 0 atom stereocenters. The van der Waals surface area contributed by atoms with Gasteiger partial charge in [0.05, 0.1) is 10.5 Å². The highest BCUT2D eigenvalue weighted by molar-refractivity contribution is 6.30. The average molecular weight is 292 g/mol. The van der Waals surface area contributed by atoms with E-state index in [4.69, 9.17) is 16.3 Å². The Morgan fingerprint density at radius 3 is 2.70 bits per heavy atom. The summed E-state index contributed by atoms with van der Waals surface area (Å²) in [5, 5.41) is 11.4. The van der Waals surface area contributed by atoms with Crippen LogP contribution >= 0.6 is 11.6 Å². The summed E-state index contributed by atoms with van der Waals surface area (Å²) in [4.78, 5) is 10.5. The van der Waals surface area contributed by atoms with Crippen molar-refractivity contribution in [1.29, 1.82) is 0 Å². The van der Waals surface area contributed by atoms with Gasteiger partial charge in [0.2, 0.25) is 0 Å². The molecule has 0 N–H and O–H groups in total. The summed E-state index contributed by atoms with van der Waals surface area (Å²) in [7, 11) is 0. The molecule has 0 saturated carbocycles. The molecule has 0 aliphatic carbocycles. The van der Waals surface area contributed by atoms with Gasteiger partial charge in [-0.2, -0.15) is 0 Å². The van der Waals surface area contributed by atoms with Gasteiger partial charge in [-0.1, -0.05) is 23.7 Å². The topological polar surface area (TPSA) is 52.4 Å². The standard InChI is InChI=1S/C15H14ClNO3/c1-10-4-3-5-15(11(10)2)20-9-12-8-13(16)6-7-14(12)17(18)19/h3-8H,9H2,1-2H3. The number of aryl methyl sites for hydroxylation is 1. The molecular formula is C15H14ClNO3. The average Bonchev–Trinajstić information content (AvgIpc) is 2.40. The maximum atomic E-state index is 11.0. The van der Waals surface area contributed by atoms with Crippen LogP contribution in [0.5, 0.6) is 5.75 Å². The molecule has 0 spiro atoms. The van der Waals surface area contributed by atoms with E-state index in [1.165, 1.54) is 12.1 Å². The molecule has 0 fully saturated rings. The van der Waals surface area contributed by atoms with E-state index >= 15 is 0 Å². The Balaban J connectivity index is 2.24. The zero-order chi connectivity index (χ0) is 14.7. The molecular weight excluding hydrogens is 278 g/mol. The minimum Gasteiger partial charge on any atom is -0.488 e. The maximum absolute atomic E-state index is 11.0. The summed E-state index contributed by atoms with van der Waals surface area (Å²) in [6.45, 7) is 4.06. The number of rotatable bonds is 4. The predicted octanol–water partition coefficient (Wildman–Crippen LogP) is 4.44. The molecule has 0 aliphatic rings. The molecule has 0 unspecified atom stereocenters. The normalized spacial score (nSPS) is 10.3. The summed E-state index contributed by atoms with van der Waals surface area (Å²) >= 11 is 5.88. The molecule has 0 aromatic heterocycles. The first-order valence-electron chi connectivity index (χ1n) is 6.11. The lowest BCUT2D eigenvalue weighted by Crippen LogP contribution is -2.02. The monoisotopic (exact) mass is 291 g/mol. The molecule has 0 radical (unpaired) electrons. The quantitative estimate of drug-likeness (QED) is 0.618. The Bertz CT molecular complexity index is 656. The van der Waals surface area contributed by atoms with E-state index in [0.717, 1.165) is 16.9 Å². The van der Waals surface area contributed by atoms with Gasteiger partial charge in [0.15, 0.2) is 0 Å². The number of hydrogen-bond acceptors (Lipinski definition) is 3. The molecule has 2 aromatic rings. The molecule has 0 saturated heterocycles. The van der Waals surface area contributed by atoms with Crippen LogP contribution in [0.3, 0.4) is 0 Å². The molecule has 0 aliphatic heterocycles. The van der Waals surface area contributed by atoms with Gasteiger partial charge in [0, 0.05) is 11.1 Å². The molecule has 2 aromatic carbocycles. The molecule has 2 rings (SSSR count). The molecule has 104 valence electrons. The Morgan fingerprint density at radius 1 is 1.25 bits per heavy atom. The minimum atomic E-state index is -0.432. The number of benzene rings is 2. The van der Waals surface area contributed by atoms with Crippen molar-refractivity contribution in [3.8, 4) is 5.75 Å². The van der Waals surface area contributed by atoms with Crippen LogP contribution in [-0.2, 0) is 6.61 Å². The van der Waals surface area contributed by atoms with Gasteiger partial charge in [-0.15, -0.1) is 0 Å². The van der Waals surface area contributed by atoms with Crippen molar-refractivity contribution in [3.63, 3.8) is 0 Å². The van der Waals surface area contributed by atoms with Gasteiger partial charge in [-0.05, 0) is 43.2 Å². The van der Waals surface area contributed by atoms with Gasteiger partial charge < -0.3 is 4.74 Å². The predicted molar refractivity (Wildman–Crippen MR) is 78.4 cm³/mol. The zero-order valence-electron chi connectivity index (χ0n) is 11.2. The smallest absolute Gasteiger partial charge is 0.276 e. The fraction of sp³-hybridized carbons (Fsp3) is 0.200.